The van der Waals surface area contributed by atoms with Crippen LogP contribution in [-0.4, -0.2) is 44.8 Å². The number of thiazole rings is 1. The lowest BCUT2D eigenvalue weighted by atomic mass is 10.1. The number of ether oxygens (including phenoxy) is 1. The number of carbonyl (C=O) groups excluding carboxylic acids is 2. The van der Waals surface area contributed by atoms with Crippen molar-refractivity contribution in [2.24, 2.45) is 0 Å². The quantitative estimate of drug-likeness (QED) is 0.696. The highest BCUT2D eigenvalue weighted by atomic mass is 32.1. The molecule has 3 heterocycles. The number of hydrogen-bond donors (Lipinski definition) is 1. The average molecular weight is 409 g/mol. The van der Waals surface area contributed by atoms with Gasteiger partial charge in [0.05, 0.1) is 25.0 Å². The molecule has 4 rings (SSSR count). The van der Waals surface area contributed by atoms with E-state index in [0.29, 0.717) is 36.8 Å². The predicted molar refractivity (Wildman–Crippen MR) is 108 cm³/mol. The second-order valence-corrected chi connectivity index (χ2v) is 7.45. The minimum absolute atomic E-state index is 0.0303. The molecule has 0 saturated heterocycles. The van der Waals surface area contributed by atoms with Gasteiger partial charge in [-0.25, -0.2) is 9.97 Å². The molecule has 8 nitrogen and oxygen atoms in total. The molecule has 1 aliphatic heterocycles. The molecule has 3 aromatic rings. The van der Waals surface area contributed by atoms with E-state index < -0.39 is 0 Å². The van der Waals surface area contributed by atoms with Gasteiger partial charge in [-0.15, -0.1) is 0 Å². The Bertz CT molecular complexity index is 1020. The number of hydrogen-bond acceptors (Lipinski definition) is 7. The van der Waals surface area contributed by atoms with Crippen molar-refractivity contribution in [1.82, 2.24) is 19.9 Å². The van der Waals surface area contributed by atoms with E-state index in [2.05, 4.69) is 20.3 Å². The van der Waals surface area contributed by atoms with Gasteiger partial charge in [-0.1, -0.05) is 11.3 Å². The molecule has 0 saturated carbocycles. The van der Waals surface area contributed by atoms with Crippen molar-refractivity contribution in [3.63, 3.8) is 0 Å². The Morgan fingerprint density at radius 1 is 1.24 bits per heavy atom. The van der Waals surface area contributed by atoms with Gasteiger partial charge < -0.3 is 9.64 Å². The molecule has 0 fully saturated rings. The first-order valence-electron chi connectivity index (χ1n) is 9.22. The van der Waals surface area contributed by atoms with Crippen LogP contribution in [0, 0.1) is 0 Å². The summed E-state index contributed by atoms with van der Waals surface area (Å²) in [6.07, 6.45) is 5.02. The van der Waals surface area contributed by atoms with Gasteiger partial charge in [0.15, 0.2) is 5.13 Å². The number of aromatic nitrogens is 3. The third kappa shape index (κ3) is 4.24. The largest absolute Gasteiger partial charge is 0.494 e. The van der Waals surface area contributed by atoms with Gasteiger partial charge in [-0.2, -0.15) is 0 Å². The maximum Gasteiger partial charge on any atom is 0.277 e. The number of nitrogens with zero attached hydrogens (tertiary/aromatic N) is 4. The molecule has 0 spiro atoms. The minimum Gasteiger partial charge on any atom is -0.494 e. The number of carbonyl (C=O) groups is 2. The molecule has 9 heteroatoms. The fraction of sp³-hybridized carbons (Fsp3) is 0.250. The lowest BCUT2D eigenvalue weighted by molar-refractivity contribution is 0.0736. The molecule has 29 heavy (non-hydrogen) atoms. The Morgan fingerprint density at radius 3 is 2.79 bits per heavy atom. The van der Waals surface area contributed by atoms with Gasteiger partial charge in [0.2, 0.25) is 0 Å². The van der Waals surface area contributed by atoms with Gasteiger partial charge in [-0.05, 0) is 31.2 Å². The molecular weight excluding hydrogens is 390 g/mol. The Hall–Kier alpha value is -3.33. The van der Waals surface area contributed by atoms with E-state index in [1.54, 1.807) is 29.2 Å². The van der Waals surface area contributed by atoms with Crippen LogP contribution in [0.2, 0.25) is 0 Å². The van der Waals surface area contributed by atoms with E-state index in [9.17, 15) is 9.59 Å². The molecule has 1 aliphatic rings. The van der Waals surface area contributed by atoms with Crippen LogP contribution in [0.15, 0.2) is 42.9 Å². The molecule has 1 aromatic carbocycles. The maximum absolute atomic E-state index is 12.8. The number of benzene rings is 1. The Morgan fingerprint density at radius 2 is 2.07 bits per heavy atom. The minimum atomic E-state index is -0.355. The van der Waals surface area contributed by atoms with Gasteiger partial charge in [0.1, 0.15) is 11.4 Å². The summed E-state index contributed by atoms with van der Waals surface area (Å²) in [5.41, 5.74) is 1.77. The second-order valence-electron chi connectivity index (χ2n) is 6.37. The summed E-state index contributed by atoms with van der Waals surface area (Å²) >= 11 is 1.38. The number of amides is 2. The van der Waals surface area contributed by atoms with Crippen molar-refractivity contribution < 1.29 is 14.3 Å². The summed E-state index contributed by atoms with van der Waals surface area (Å²) in [5.74, 6) is 0.361. The monoisotopic (exact) mass is 409 g/mol. The highest BCUT2D eigenvalue weighted by molar-refractivity contribution is 7.15. The Balaban J connectivity index is 1.43. The summed E-state index contributed by atoms with van der Waals surface area (Å²) in [6.45, 7) is 3.56. The first-order chi connectivity index (χ1) is 14.1. The summed E-state index contributed by atoms with van der Waals surface area (Å²) < 4.78 is 5.42. The summed E-state index contributed by atoms with van der Waals surface area (Å²) in [7, 11) is 0. The topological polar surface area (TPSA) is 97.3 Å². The standard InChI is InChI=1S/C20H19N5O3S/c1-2-28-14-5-3-13(4-6-14)19(27)25-10-7-15-17(12-25)29-20(23-15)24-18(26)16-11-21-8-9-22-16/h3-6,8-9,11H,2,7,10,12H2,1H3,(H,23,24,26). The first-order valence-corrected chi connectivity index (χ1v) is 10.0. The van der Waals surface area contributed by atoms with E-state index in [4.69, 9.17) is 4.74 Å². The van der Waals surface area contributed by atoms with Crippen LogP contribution in [0.5, 0.6) is 5.75 Å². The predicted octanol–water partition coefficient (Wildman–Crippen LogP) is 2.78. The van der Waals surface area contributed by atoms with Crippen LogP contribution in [0.25, 0.3) is 0 Å². The smallest absolute Gasteiger partial charge is 0.277 e. The zero-order chi connectivity index (χ0) is 20.2. The zero-order valence-electron chi connectivity index (χ0n) is 15.8. The molecule has 2 amide bonds. The molecule has 148 valence electrons. The van der Waals surface area contributed by atoms with Crippen LogP contribution in [0.4, 0.5) is 5.13 Å². The van der Waals surface area contributed by atoms with Crippen LogP contribution < -0.4 is 10.1 Å². The molecule has 2 aromatic heterocycles. The Labute approximate surface area is 171 Å². The number of anilines is 1. The van der Waals surface area contributed by atoms with Gasteiger partial charge in [0.25, 0.3) is 11.8 Å². The fourth-order valence-electron chi connectivity index (χ4n) is 3.04. The highest BCUT2D eigenvalue weighted by Gasteiger charge is 2.25. The maximum atomic E-state index is 12.8. The fourth-order valence-corrected chi connectivity index (χ4v) is 4.06. The number of nitrogens with one attached hydrogen (secondary N) is 1. The third-order valence-electron chi connectivity index (χ3n) is 4.45. The van der Waals surface area contributed by atoms with Crippen molar-refractivity contribution in [2.45, 2.75) is 19.9 Å². The van der Waals surface area contributed by atoms with Crippen molar-refractivity contribution in [3.05, 3.63) is 64.7 Å². The Kier molecular flexibility index (Phi) is 5.48. The molecule has 1 N–H and O–H groups in total. The van der Waals surface area contributed by atoms with E-state index >= 15 is 0 Å². The van der Waals surface area contributed by atoms with Crippen LogP contribution in [0.3, 0.4) is 0 Å². The van der Waals surface area contributed by atoms with Crippen LogP contribution in [0.1, 0.15) is 38.3 Å². The summed E-state index contributed by atoms with van der Waals surface area (Å²) in [5, 5.41) is 3.26. The van der Waals surface area contributed by atoms with Crippen molar-refractivity contribution >= 4 is 28.3 Å². The van der Waals surface area contributed by atoms with Crippen molar-refractivity contribution in [2.75, 3.05) is 18.5 Å². The third-order valence-corrected chi connectivity index (χ3v) is 5.44. The number of rotatable bonds is 5. The first kappa shape index (κ1) is 19.0. The van der Waals surface area contributed by atoms with Crippen LogP contribution in [-0.2, 0) is 13.0 Å². The molecule has 0 aliphatic carbocycles. The zero-order valence-corrected chi connectivity index (χ0v) is 16.6. The number of fused-ring (bicyclic) bond motifs is 1. The summed E-state index contributed by atoms with van der Waals surface area (Å²) in [4.78, 5) is 40.2. The highest BCUT2D eigenvalue weighted by Crippen LogP contribution is 2.29. The SMILES string of the molecule is CCOc1ccc(C(=O)N2CCc3nc(NC(=O)c4cnccn4)sc3C2)cc1. The van der Waals surface area contributed by atoms with Crippen molar-refractivity contribution in [3.8, 4) is 5.75 Å². The summed E-state index contributed by atoms with van der Waals surface area (Å²) in [6, 6.07) is 7.17. The van der Waals surface area contributed by atoms with Crippen molar-refractivity contribution in [1.29, 1.82) is 0 Å². The lowest BCUT2D eigenvalue weighted by Crippen LogP contribution is -2.35. The van der Waals surface area contributed by atoms with Crippen LogP contribution >= 0.6 is 11.3 Å². The van der Waals surface area contributed by atoms with E-state index in [-0.39, 0.29) is 17.5 Å². The van der Waals surface area contributed by atoms with E-state index in [0.717, 1.165) is 16.3 Å². The molecule has 0 unspecified atom stereocenters. The van der Waals surface area contributed by atoms with Gasteiger partial charge in [0, 0.05) is 35.8 Å². The normalized spacial score (nSPS) is 12.9. The molecule has 0 radical (unpaired) electrons. The van der Waals surface area contributed by atoms with Gasteiger partial charge in [-0.3, -0.25) is 19.9 Å². The molecule has 0 atom stereocenters. The lowest BCUT2D eigenvalue weighted by Gasteiger charge is -2.26. The van der Waals surface area contributed by atoms with Gasteiger partial charge >= 0.3 is 0 Å². The molecular formula is C20H19N5O3S. The average Bonchev–Trinajstić information content (AvgIpc) is 3.16. The molecule has 0 bridgehead atoms. The van der Waals surface area contributed by atoms with E-state index in [1.165, 1.54) is 29.9 Å². The van der Waals surface area contributed by atoms with E-state index in [1.807, 2.05) is 6.92 Å². The second kappa shape index (κ2) is 8.36.